The molecule has 21 heavy (non-hydrogen) atoms. The van der Waals surface area contributed by atoms with Gasteiger partial charge >= 0.3 is 0 Å². The van der Waals surface area contributed by atoms with Gasteiger partial charge in [-0.05, 0) is 46.0 Å². The van der Waals surface area contributed by atoms with E-state index in [-0.39, 0.29) is 24.0 Å². The van der Waals surface area contributed by atoms with Crippen molar-refractivity contribution in [2.45, 2.75) is 58.0 Å². The molecule has 1 aliphatic heterocycles. The molecule has 1 saturated heterocycles. The lowest BCUT2D eigenvalue weighted by atomic mass is 10.1. The summed E-state index contributed by atoms with van der Waals surface area (Å²) in [5, 5.41) is 6.96. The first-order valence-electron chi connectivity index (χ1n) is 8.23. The van der Waals surface area contributed by atoms with Crippen molar-refractivity contribution in [3.05, 3.63) is 12.2 Å². The average Bonchev–Trinajstić information content (AvgIpc) is 3.29. The second-order valence-electron chi connectivity index (χ2n) is 5.80. The largest absolute Gasteiger partial charge is 0.357 e. The molecule has 2 rings (SSSR count). The van der Waals surface area contributed by atoms with Crippen LogP contribution in [-0.4, -0.2) is 49.1 Å². The van der Waals surface area contributed by atoms with Gasteiger partial charge in [-0.15, -0.1) is 24.0 Å². The van der Waals surface area contributed by atoms with Gasteiger partial charge in [0.2, 0.25) is 0 Å². The van der Waals surface area contributed by atoms with Crippen molar-refractivity contribution >= 4 is 29.9 Å². The van der Waals surface area contributed by atoms with Crippen molar-refractivity contribution in [1.29, 1.82) is 0 Å². The molecule has 2 aliphatic rings. The summed E-state index contributed by atoms with van der Waals surface area (Å²) in [5.74, 6) is 0.988. The van der Waals surface area contributed by atoms with Crippen LogP contribution in [-0.2, 0) is 0 Å². The van der Waals surface area contributed by atoms with Gasteiger partial charge in [0.1, 0.15) is 0 Å². The number of guanidine groups is 1. The highest BCUT2D eigenvalue weighted by Gasteiger charge is 2.31. The van der Waals surface area contributed by atoms with Gasteiger partial charge in [0, 0.05) is 38.3 Å². The normalized spacial score (nSPS) is 21.3. The molecule has 1 aliphatic carbocycles. The molecule has 0 unspecified atom stereocenters. The van der Waals surface area contributed by atoms with Crippen LogP contribution < -0.4 is 10.6 Å². The maximum Gasteiger partial charge on any atom is 0.191 e. The number of rotatable bonds is 6. The number of allylic oxidation sites excluding steroid dienone is 1. The van der Waals surface area contributed by atoms with E-state index < -0.39 is 0 Å². The molecule has 1 saturated carbocycles. The third kappa shape index (κ3) is 7.00. The Morgan fingerprint density at radius 3 is 2.52 bits per heavy atom. The number of hydrogen-bond donors (Lipinski definition) is 2. The number of nitrogens with one attached hydrogen (secondary N) is 2. The third-order valence-corrected chi connectivity index (χ3v) is 4.08. The third-order valence-electron chi connectivity index (χ3n) is 4.08. The van der Waals surface area contributed by atoms with Gasteiger partial charge in [-0.1, -0.05) is 12.2 Å². The van der Waals surface area contributed by atoms with Crippen molar-refractivity contribution < 1.29 is 0 Å². The second kappa shape index (κ2) is 10.4. The van der Waals surface area contributed by atoms with E-state index in [2.05, 4.69) is 46.5 Å². The zero-order valence-corrected chi connectivity index (χ0v) is 15.8. The summed E-state index contributed by atoms with van der Waals surface area (Å²) in [6.07, 6.45) is 10.6. The van der Waals surface area contributed by atoms with Crippen LogP contribution in [0.1, 0.15) is 46.0 Å². The van der Waals surface area contributed by atoms with E-state index in [1.165, 1.54) is 38.8 Å². The molecule has 0 radical (unpaired) electrons. The summed E-state index contributed by atoms with van der Waals surface area (Å²) in [6, 6.07) is 1.50. The van der Waals surface area contributed by atoms with Gasteiger partial charge in [-0.3, -0.25) is 4.99 Å². The number of aliphatic imine (C=N–C) groups is 1. The van der Waals surface area contributed by atoms with E-state index in [4.69, 9.17) is 0 Å². The number of piperidine rings is 1. The Bertz CT molecular complexity index is 331. The minimum atomic E-state index is 0. The molecule has 2 fully saturated rings. The molecular formula is C16H31IN4. The lowest BCUT2D eigenvalue weighted by molar-refractivity contribution is 0.197. The predicted octanol–water partition coefficient (Wildman–Crippen LogP) is 2.75. The molecule has 0 atom stereocenters. The van der Waals surface area contributed by atoms with Crippen molar-refractivity contribution in [3.63, 3.8) is 0 Å². The number of likely N-dealkylation sites (tertiary alicyclic amines) is 1. The summed E-state index contributed by atoms with van der Waals surface area (Å²) in [5.41, 5.74) is 0. The van der Waals surface area contributed by atoms with E-state index in [1.807, 2.05) is 0 Å². The highest BCUT2D eigenvalue weighted by atomic mass is 127. The Balaban J connectivity index is 0.00000220. The maximum absolute atomic E-state index is 4.64. The molecule has 5 heteroatoms. The van der Waals surface area contributed by atoms with Crippen LogP contribution in [0.15, 0.2) is 17.1 Å². The maximum atomic E-state index is 4.64. The topological polar surface area (TPSA) is 39.7 Å². The molecule has 0 amide bonds. The monoisotopic (exact) mass is 406 g/mol. The molecule has 0 aromatic rings. The number of nitrogens with zero attached hydrogens (tertiary/aromatic N) is 2. The molecule has 0 aromatic carbocycles. The summed E-state index contributed by atoms with van der Waals surface area (Å²) >= 11 is 0. The first kappa shape index (κ1) is 18.7. The summed E-state index contributed by atoms with van der Waals surface area (Å²) in [6.45, 7) is 8.47. The first-order chi connectivity index (χ1) is 9.83. The average molecular weight is 406 g/mol. The van der Waals surface area contributed by atoms with Gasteiger partial charge in [-0.25, -0.2) is 0 Å². The molecular weight excluding hydrogens is 375 g/mol. The van der Waals surface area contributed by atoms with Crippen molar-refractivity contribution in [2.24, 2.45) is 4.99 Å². The Morgan fingerprint density at radius 1 is 1.24 bits per heavy atom. The van der Waals surface area contributed by atoms with E-state index in [9.17, 15) is 0 Å². The van der Waals surface area contributed by atoms with Crippen LogP contribution in [0.5, 0.6) is 0 Å². The summed E-state index contributed by atoms with van der Waals surface area (Å²) in [4.78, 5) is 7.30. The van der Waals surface area contributed by atoms with Gasteiger partial charge in [0.15, 0.2) is 5.96 Å². The smallest absolute Gasteiger partial charge is 0.191 e. The predicted molar refractivity (Wildman–Crippen MR) is 102 cm³/mol. The lowest BCUT2D eigenvalue weighted by Crippen LogP contribution is -2.49. The minimum Gasteiger partial charge on any atom is -0.357 e. The van der Waals surface area contributed by atoms with Crippen LogP contribution in [0, 0.1) is 0 Å². The number of halogens is 1. The van der Waals surface area contributed by atoms with Crippen molar-refractivity contribution in [3.8, 4) is 0 Å². The Hall–Kier alpha value is -0.300. The van der Waals surface area contributed by atoms with Crippen LogP contribution in [0.2, 0.25) is 0 Å². The van der Waals surface area contributed by atoms with Gasteiger partial charge in [0.05, 0.1) is 0 Å². The Kier molecular flexibility index (Phi) is 9.31. The van der Waals surface area contributed by atoms with Gasteiger partial charge in [-0.2, -0.15) is 0 Å². The minimum absolute atomic E-state index is 0. The van der Waals surface area contributed by atoms with Crippen LogP contribution in [0.4, 0.5) is 0 Å². The van der Waals surface area contributed by atoms with Crippen LogP contribution in [0.3, 0.4) is 0 Å². The second-order valence-corrected chi connectivity index (χ2v) is 5.80. The van der Waals surface area contributed by atoms with Crippen LogP contribution >= 0.6 is 24.0 Å². The molecule has 0 bridgehead atoms. The molecule has 1 heterocycles. The van der Waals surface area contributed by atoms with E-state index in [0.717, 1.165) is 31.5 Å². The zero-order chi connectivity index (χ0) is 14.2. The Morgan fingerprint density at radius 2 is 1.95 bits per heavy atom. The fraction of sp³-hybridized carbons (Fsp3) is 0.812. The SMILES string of the molecule is CC=CCCN=C(NCC)NC1CCN(C2CC2)CC1.I. The first-order valence-corrected chi connectivity index (χ1v) is 8.23. The fourth-order valence-electron chi connectivity index (χ4n) is 2.78. The lowest BCUT2D eigenvalue weighted by Gasteiger charge is -2.33. The van der Waals surface area contributed by atoms with Crippen molar-refractivity contribution in [1.82, 2.24) is 15.5 Å². The number of hydrogen-bond acceptors (Lipinski definition) is 2. The highest BCUT2D eigenvalue weighted by Crippen LogP contribution is 2.29. The highest BCUT2D eigenvalue weighted by molar-refractivity contribution is 14.0. The van der Waals surface area contributed by atoms with Gasteiger partial charge < -0.3 is 15.5 Å². The summed E-state index contributed by atoms with van der Waals surface area (Å²) in [7, 11) is 0. The van der Waals surface area contributed by atoms with Crippen molar-refractivity contribution in [2.75, 3.05) is 26.2 Å². The van der Waals surface area contributed by atoms with E-state index >= 15 is 0 Å². The summed E-state index contributed by atoms with van der Waals surface area (Å²) < 4.78 is 0. The fourth-order valence-corrected chi connectivity index (χ4v) is 2.78. The van der Waals surface area contributed by atoms with Gasteiger partial charge in [0.25, 0.3) is 0 Å². The quantitative estimate of drug-likeness (QED) is 0.234. The van der Waals surface area contributed by atoms with Crippen LogP contribution in [0.25, 0.3) is 0 Å². The molecule has 2 N–H and O–H groups in total. The van der Waals surface area contributed by atoms with E-state index in [1.54, 1.807) is 0 Å². The van der Waals surface area contributed by atoms with E-state index in [0.29, 0.717) is 6.04 Å². The standard InChI is InChI=1S/C16H30N4.HI/c1-3-5-6-11-18-16(17-4-2)19-14-9-12-20(13-10-14)15-7-8-15;/h3,5,14-15H,4,6-13H2,1-2H3,(H2,17,18,19);1H. The Labute approximate surface area is 146 Å². The zero-order valence-electron chi connectivity index (χ0n) is 13.5. The molecule has 4 nitrogen and oxygen atoms in total. The molecule has 0 spiro atoms. The molecule has 122 valence electrons. The molecule has 0 aromatic heterocycles.